The second-order valence-electron chi connectivity index (χ2n) is 5.30. The molecule has 3 aromatic rings. The molecule has 2 N–H and O–H groups in total. The zero-order valence-electron chi connectivity index (χ0n) is 12.7. The lowest BCUT2D eigenvalue weighted by molar-refractivity contribution is 0.0690. The van der Waals surface area contributed by atoms with Crippen molar-refractivity contribution >= 4 is 11.8 Å². The number of Topliss-reactive ketones (excluding diaryl/α,β-unsaturated/α-hetero) is 1. The molecular weight excluding hydrogens is 315 g/mol. The van der Waals surface area contributed by atoms with E-state index in [9.17, 15) is 14.0 Å². The van der Waals surface area contributed by atoms with E-state index in [2.05, 4.69) is 10.1 Å². The zero-order valence-corrected chi connectivity index (χ0v) is 12.7. The summed E-state index contributed by atoms with van der Waals surface area (Å²) < 4.78 is 18.2. The third-order valence-corrected chi connectivity index (χ3v) is 3.60. The number of aromatic carboxylic acids is 1. The van der Waals surface area contributed by atoms with Crippen molar-refractivity contribution in [3.05, 3.63) is 64.9 Å². The number of carbonyl (C=O) groups is 2. The minimum atomic E-state index is -1.10. The third-order valence-electron chi connectivity index (χ3n) is 3.60. The van der Waals surface area contributed by atoms with Crippen molar-refractivity contribution in [2.75, 3.05) is 0 Å². The molecule has 6 nitrogen and oxygen atoms in total. The summed E-state index contributed by atoms with van der Waals surface area (Å²) in [6.07, 6.45) is 1.47. The first-order valence-electron chi connectivity index (χ1n) is 7.11. The van der Waals surface area contributed by atoms with Gasteiger partial charge in [0.05, 0.1) is 5.56 Å². The number of rotatable bonds is 5. The second kappa shape index (κ2) is 6.11. The molecule has 0 fully saturated rings. The number of ketones is 1. The van der Waals surface area contributed by atoms with Gasteiger partial charge in [-0.05, 0) is 42.8 Å². The molecule has 24 heavy (non-hydrogen) atoms. The summed E-state index contributed by atoms with van der Waals surface area (Å²) in [4.78, 5) is 26.1. The maximum atomic E-state index is 13.1. The summed E-state index contributed by atoms with van der Waals surface area (Å²) in [7, 11) is 0. The monoisotopic (exact) mass is 328 g/mol. The quantitative estimate of drug-likeness (QED) is 0.701. The van der Waals surface area contributed by atoms with Gasteiger partial charge in [0.25, 0.3) is 0 Å². The number of carbonyl (C=O) groups excluding carboxylic acids is 1. The molecule has 0 aliphatic heterocycles. The maximum absolute atomic E-state index is 13.1. The summed E-state index contributed by atoms with van der Waals surface area (Å²) in [5.74, 6) is -1.39. The molecule has 0 bridgehead atoms. The highest BCUT2D eigenvalue weighted by Crippen LogP contribution is 2.26. The summed E-state index contributed by atoms with van der Waals surface area (Å²) in [5, 5.41) is 12.8. The Labute approximate surface area is 135 Å². The van der Waals surface area contributed by atoms with E-state index < -0.39 is 5.97 Å². The number of carboxylic acid groups (broad SMARTS) is 1. The van der Waals surface area contributed by atoms with Crippen molar-refractivity contribution in [1.29, 1.82) is 0 Å². The zero-order chi connectivity index (χ0) is 17.3. The number of hydrogen-bond acceptors (Lipinski definition) is 4. The summed E-state index contributed by atoms with van der Waals surface area (Å²) >= 11 is 0. The molecule has 2 aromatic heterocycles. The summed E-state index contributed by atoms with van der Waals surface area (Å²) in [6, 6.07) is 6.99. The van der Waals surface area contributed by atoms with Gasteiger partial charge in [-0.15, -0.1) is 0 Å². The Kier molecular flexibility index (Phi) is 3.99. The van der Waals surface area contributed by atoms with Gasteiger partial charge in [-0.1, -0.05) is 5.16 Å². The van der Waals surface area contributed by atoms with Crippen LogP contribution in [0.1, 0.15) is 32.2 Å². The van der Waals surface area contributed by atoms with Crippen LogP contribution in [-0.4, -0.2) is 27.0 Å². The van der Waals surface area contributed by atoms with Crippen LogP contribution in [0.3, 0.4) is 0 Å². The van der Waals surface area contributed by atoms with Gasteiger partial charge in [0.2, 0.25) is 0 Å². The van der Waals surface area contributed by atoms with Gasteiger partial charge >= 0.3 is 5.97 Å². The number of carboxylic acids is 1. The molecule has 0 aliphatic rings. The topological polar surface area (TPSA) is 96.2 Å². The molecule has 0 unspecified atom stereocenters. The molecule has 122 valence electrons. The predicted octanol–water partition coefficient (Wildman–Crippen LogP) is 3.24. The van der Waals surface area contributed by atoms with Gasteiger partial charge < -0.3 is 14.6 Å². The summed E-state index contributed by atoms with van der Waals surface area (Å²) in [6.45, 7) is 1.62. The van der Waals surface area contributed by atoms with E-state index in [0.717, 1.165) is 0 Å². The van der Waals surface area contributed by atoms with Crippen molar-refractivity contribution < 1.29 is 23.6 Å². The number of nitrogens with zero attached hydrogens (tertiary/aromatic N) is 1. The van der Waals surface area contributed by atoms with E-state index in [1.165, 1.54) is 36.5 Å². The molecule has 3 rings (SSSR count). The lowest BCUT2D eigenvalue weighted by Crippen LogP contribution is -2.05. The maximum Gasteiger partial charge on any atom is 0.352 e. The Hall–Kier alpha value is -3.22. The molecule has 7 heteroatoms. The highest BCUT2D eigenvalue weighted by atomic mass is 19.1. The van der Waals surface area contributed by atoms with E-state index in [0.29, 0.717) is 28.1 Å². The fourth-order valence-electron chi connectivity index (χ4n) is 2.44. The standard InChI is InChI=1S/C17H13FN2O4/c1-9-15(14(21)7-10-6-13(17(22)23)19-8-10)16(20-24-9)11-2-4-12(18)5-3-11/h2-6,8,19H,7H2,1H3,(H,22,23). The highest BCUT2D eigenvalue weighted by Gasteiger charge is 2.22. The fraction of sp³-hybridized carbons (Fsp3) is 0.118. The number of nitrogens with one attached hydrogen (secondary N) is 1. The van der Waals surface area contributed by atoms with E-state index in [-0.39, 0.29) is 23.7 Å². The molecule has 0 saturated carbocycles. The first-order chi connectivity index (χ1) is 11.5. The number of aromatic nitrogens is 2. The molecule has 2 heterocycles. The van der Waals surface area contributed by atoms with Crippen LogP contribution < -0.4 is 0 Å². The van der Waals surface area contributed by atoms with E-state index >= 15 is 0 Å². The van der Waals surface area contributed by atoms with Crippen LogP contribution in [0.25, 0.3) is 11.3 Å². The number of halogens is 1. The Morgan fingerprint density at radius 2 is 2.00 bits per heavy atom. The highest BCUT2D eigenvalue weighted by molar-refractivity contribution is 6.03. The van der Waals surface area contributed by atoms with E-state index in [4.69, 9.17) is 9.63 Å². The normalized spacial score (nSPS) is 10.8. The first-order valence-corrected chi connectivity index (χ1v) is 7.11. The average Bonchev–Trinajstić information content (AvgIpc) is 3.15. The van der Waals surface area contributed by atoms with Crippen molar-refractivity contribution in [3.63, 3.8) is 0 Å². The molecule has 1 aromatic carbocycles. The largest absolute Gasteiger partial charge is 0.477 e. The Bertz CT molecular complexity index is 909. The van der Waals surface area contributed by atoms with Gasteiger partial charge in [-0.2, -0.15) is 0 Å². The lowest BCUT2D eigenvalue weighted by Gasteiger charge is -2.02. The van der Waals surface area contributed by atoms with Crippen molar-refractivity contribution in [2.24, 2.45) is 0 Å². The third kappa shape index (κ3) is 2.96. The van der Waals surface area contributed by atoms with Crippen LogP contribution in [0.5, 0.6) is 0 Å². The van der Waals surface area contributed by atoms with Gasteiger partial charge in [-0.3, -0.25) is 4.79 Å². The van der Waals surface area contributed by atoms with Gasteiger partial charge in [0, 0.05) is 18.2 Å². The molecule has 0 atom stereocenters. The Morgan fingerprint density at radius 3 is 2.62 bits per heavy atom. The number of benzene rings is 1. The van der Waals surface area contributed by atoms with Crippen LogP contribution in [-0.2, 0) is 6.42 Å². The van der Waals surface area contributed by atoms with Crippen LogP contribution in [0, 0.1) is 12.7 Å². The molecule has 0 saturated heterocycles. The van der Waals surface area contributed by atoms with Gasteiger partial charge in [0.15, 0.2) is 5.78 Å². The molecular formula is C17H13FN2O4. The van der Waals surface area contributed by atoms with Crippen LogP contribution in [0.2, 0.25) is 0 Å². The first kappa shape index (κ1) is 15.7. The van der Waals surface area contributed by atoms with Crippen molar-refractivity contribution in [1.82, 2.24) is 10.1 Å². The van der Waals surface area contributed by atoms with Gasteiger partial charge in [0.1, 0.15) is 23.0 Å². The van der Waals surface area contributed by atoms with Gasteiger partial charge in [-0.25, -0.2) is 9.18 Å². The Balaban J connectivity index is 1.91. The average molecular weight is 328 g/mol. The SMILES string of the molecule is Cc1onc(-c2ccc(F)cc2)c1C(=O)Cc1c[nH]c(C(=O)O)c1. The molecule has 0 radical (unpaired) electrons. The smallest absolute Gasteiger partial charge is 0.352 e. The summed E-state index contributed by atoms with van der Waals surface area (Å²) in [5.41, 5.74) is 1.77. The van der Waals surface area contributed by atoms with Crippen molar-refractivity contribution in [3.8, 4) is 11.3 Å². The van der Waals surface area contributed by atoms with E-state index in [1.807, 2.05) is 0 Å². The van der Waals surface area contributed by atoms with Crippen LogP contribution >= 0.6 is 0 Å². The minimum absolute atomic E-state index is 0.0000278. The molecule has 0 aliphatic carbocycles. The molecule has 0 amide bonds. The molecule has 0 spiro atoms. The predicted molar refractivity (Wildman–Crippen MR) is 82.4 cm³/mol. The van der Waals surface area contributed by atoms with E-state index in [1.54, 1.807) is 6.92 Å². The fourth-order valence-corrected chi connectivity index (χ4v) is 2.44. The second-order valence-corrected chi connectivity index (χ2v) is 5.30. The number of aryl methyl sites for hydroxylation is 1. The Morgan fingerprint density at radius 1 is 1.29 bits per heavy atom. The number of H-pyrrole nitrogens is 1. The van der Waals surface area contributed by atoms with Crippen LogP contribution in [0.15, 0.2) is 41.1 Å². The number of aromatic amines is 1. The number of hydrogen-bond donors (Lipinski definition) is 2. The van der Waals surface area contributed by atoms with Crippen molar-refractivity contribution in [2.45, 2.75) is 13.3 Å². The minimum Gasteiger partial charge on any atom is -0.477 e. The lowest BCUT2D eigenvalue weighted by atomic mass is 9.99. The van der Waals surface area contributed by atoms with Crippen LogP contribution in [0.4, 0.5) is 4.39 Å².